The zero-order valence-electron chi connectivity index (χ0n) is 11.2. The third-order valence-electron chi connectivity index (χ3n) is 2.39. The van der Waals surface area contributed by atoms with Gasteiger partial charge in [0.2, 0.25) is 0 Å². The summed E-state index contributed by atoms with van der Waals surface area (Å²) in [6.45, 7) is -0.0509. The van der Waals surface area contributed by atoms with E-state index in [2.05, 4.69) is 15.0 Å². The second kappa shape index (κ2) is 7.63. The van der Waals surface area contributed by atoms with E-state index in [9.17, 15) is 4.79 Å². The molecule has 0 spiro atoms. The molecule has 0 amide bonds. The van der Waals surface area contributed by atoms with Crippen molar-refractivity contribution in [2.75, 3.05) is 6.61 Å². The number of pyridine rings is 1. The third kappa shape index (κ3) is 4.91. The van der Waals surface area contributed by atoms with E-state index in [4.69, 9.17) is 33.7 Å². The van der Waals surface area contributed by atoms with Gasteiger partial charge in [-0.1, -0.05) is 34.4 Å². The Hall–Kier alpha value is -2.31. The number of oxime groups is 1. The number of carbonyl (C=O) groups is 1. The third-order valence-corrected chi connectivity index (χ3v) is 2.83. The molecule has 0 atom stereocenters. The fourth-order valence-corrected chi connectivity index (χ4v) is 1.78. The normalized spacial score (nSPS) is 11.1. The van der Waals surface area contributed by atoms with E-state index >= 15 is 0 Å². The van der Waals surface area contributed by atoms with Crippen molar-refractivity contribution in [3.8, 4) is 5.75 Å². The standard InChI is InChI=1S/C14H11Cl2N3O3/c15-10-2-1-3-11(7-10)21-8-13(17)19-22-14(20)9-4-5-18-12(16)6-9/h1-7H,8H2,(H2,17,19). The molecule has 2 aromatic rings. The maximum atomic E-state index is 11.7. The Bertz CT molecular complexity index is 707. The van der Waals surface area contributed by atoms with Crippen molar-refractivity contribution < 1.29 is 14.4 Å². The summed E-state index contributed by atoms with van der Waals surface area (Å²) in [4.78, 5) is 20.1. The van der Waals surface area contributed by atoms with Crippen molar-refractivity contribution >= 4 is 35.0 Å². The summed E-state index contributed by atoms with van der Waals surface area (Å²) in [6, 6.07) is 9.59. The number of amidine groups is 1. The zero-order valence-corrected chi connectivity index (χ0v) is 12.7. The van der Waals surface area contributed by atoms with E-state index in [1.165, 1.54) is 18.3 Å². The van der Waals surface area contributed by atoms with Gasteiger partial charge < -0.3 is 15.3 Å². The first kappa shape index (κ1) is 16.1. The summed E-state index contributed by atoms with van der Waals surface area (Å²) < 4.78 is 5.34. The van der Waals surface area contributed by atoms with Gasteiger partial charge in [-0.05, 0) is 30.3 Å². The maximum absolute atomic E-state index is 11.7. The Morgan fingerprint density at radius 3 is 2.82 bits per heavy atom. The highest BCUT2D eigenvalue weighted by molar-refractivity contribution is 6.30. The molecule has 0 saturated carbocycles. The summed E-state index contributed by atoms with van der Waals surface area (Å²) in [5.41, 5.74) is 5.81. The lowest BCUT2D eigenvalue weighted by Crippen LogP contribution is -2.22. The van der Waals surface area contributed by atoms with Gasteiger partial charge in [0.25, 0.3) is 0 Å². The van der Waals surface area contributed by atoms with Crippen molar-refractivity contribution in [3.05, 3.63) is 58.3 Å². The molecule has 0 radical (unpaired) electrons. The van der Waals surface area contributed by atoms with Crippen LogP contribution in [0.2, 0.25) is 10.2 Å². The Balaban J connectivity index is 1.88. The second-order valence-electron chi connectivity index (χ2n) is 4.07. The van der Waals surface area contributed by atoms with Gasteiger partial charge in [-0.3, -0.25) is 0 Å². The lowest BCUT2D eigenvalue weighted by Gasteiger charge is -2.05. The number of carbonyl (C=O) groups excluding carboxylic acids is 1. The highest BCUT2D eigenvalue weighted by Crippen LogP contribution is 2.16. The van der Waals surface area contributed by atoms with Gasteiger partial charge in [0.05, 0.1) is 5.56 Å². The number of rotatable bonds is 5. The van der Waals surface area contributed by atoms with Crippen LogP contribution in [0.4, 0.5) is 0 Å². The molecule has 0 aliphatic rings. The largest absolute Gasteiger partial charge is 0.486 e. The molecule has 22 heavy (non-hydrogen) atoms. The topological polar surface area (TPSA) is 86.8 Å². The highest BCUT2D eigenvalue weighted by atomic mass is 35.5. The van der Waals surface area contributed by atoms with E-state index < -0.39 is 5.97 Å². The first-order chi connectivity index (χ1) is 10.5. The van der Waals surface area contributed by atoms with Gasteiger partial charge >= 0.3 is 5.97 Å². The number of nitrogens with zero attached hydrogens (tertiary/aromatic N) is 2. The van der Waals surface area contributed by atoms with Gasteiger partial charge in [-0.15, -0.1) is 0 Å². The van der Waals surface area contributed by atoms with Crippen molar-refractivity contribution in [1.82, 2.24) is 4.98 Å². The van der Waals surface area contributed by atoms with Crippen LogP contribution >= 0.6 is 23.2 Å². The molecular weight excluding hydrogens is 329 g/mol. The minimum absolute atomic E-state index is 0.00604. The van der Waals surface area contributed by atoms with Crippen LogP contribution in [0, 0.1) is 0 Å². The number of nitrogens with two attached hydrogens (primary N) is 1. The molecule has 0 bridgehead atoms. The molecule has 8 heteroatoms. The fraction of sp³-hybridized carbons (Fsp3) is 0.0714. The predicted octanol–water partition coefficient (Wildman–Crippen LogP) is 2.90. The summed E-state index contributed by atoms with van der Waals surface area (Å²) in [5.74, 6) is -0.179. The highest BCUT2D eigenvalue weighted by Gasteiger charge is 2.08. The minimum Gasteiger partial charge on any atom is -0.486 e. The maximum Gasteiger partial charge on any atom is 0.365 e. The number of halogens is 2. The molecule has 1 aromatic heterocycles. The minimum atomic E-state index is -0.699. The molecule has 2 rings (SSSR count). The molecule has 0 saturated heterocycles. The first-order valence-corrected chi connectivity index (χ1v) is 6.84. The molecule has 1 heterocycles. The van der Waals surface area contributed by atoms with Gasteiger partial charge in [-0.2, -0.15) is 0 Å². The number of hydrogen-bond acceptors (Lipinski definition) is 5. The van der Waals surface area contributed by atoms with Crippen molar-refractivity contribution in [2.45, 2.75) is 0 Å². The average molecular weight is 340 g/mol. The van der Waals surface area contributed by atoms with Crippen LogP contribution in [0.25, 0.3) is 0 Å². The molecule has 0 unspecified atom stereocenters. The summed E-state index contributed by atoms with van der Waals surface area (Å²) in [7, 11) is 0. The van der Waals surface area contributed by atoms with Crippen LogP contribution in [0.3, 0.4) is 0 Å². The number of hydrogen-bond donors (Lipinski definition) is 1. The summed E-state index contributed by atoms with van der Waals surface area (Å²) in [6.07, 6.45) is 1.38. The fourth-order valence-electron chi connectivity index (χ4n) is 1.42. The van der Waals surface area contributed by atoms with Crippen molar-refractivity contribution in [1.29, 1.82) is 0 Å². The molecule has 2 N–H and O–H groups in total. The Morgan fingerprint density at radius 1 is 1.27 bits per heavy atom. The number of aromatic nitrogens is 1. The SMILES string of the molecule is N/C(COc1cccc(Cl)c1)=N/OC(=O)c1ccnc(Cl)c1. The van der Waals surface area contributed by atoms with Crippen LogP contribution in [0.5, 0.6) is 5.75 Å². The Morgan fingerprint density at radius 2 is 2.09 bits per heavy atom. The summed E-state index contributed by atoms with van der Waals surface area (Å²) in [5, 5.41) is 4.20. The van der Waals surface area contributed by atoms with E-state index in [1.807, 2.05) is 0 Å². The lowest BCUT2D eigenvalue weighted by molar-refractivity contribution is 0.0513. The monoisotopic (exact) mass is 339 g/mol. The van der Waals surface area contributed by atoms with Crippen LogP contribution in [0.15, 0.2) is 47.8 Å². The zero-order chi connectivity index (χ0) is 15.9. The predicted molar refractivity (Wildman–Crippen MR) is 83.2 cm³/mol. The van der Waals surface area contributed by atoms with E-state index in [-0.39, 0.29) is 23.2 Å². The smallest absolute Gasteiger partial charge is 0.365 e. The quantitative estimate of drug-likeness (QED) is 0.297. The van der Waals surface area contributed by atoms with Gasteiger partial charge in [0, 0.05) is 11.2 Å². The van der Waals surface area contributed by atoms with Gasteiger partial charge in [-0.25, -0.2) is 9.78 Å². The van der Waals surface area contributed by atoms with Crippen LogP contribution < -0.4 is 10.5 Å². The Kier molecular flexibility index (Phi) is 5.57. The van der Waals surface area contributed by atoms with Gasteiger partial charge in [0.1, 0.15) is 17.5 Å². The molecule has 0 aliphatic carbocycles. The summed E-state index contributed by atoms with van der Waals surface area (Å²) >= 11 is 11.5. The molecular formula is C14H11Cl2N3O3. The van der Waals surface area contributed by atoms with Crippen LogP contribution in [-0.2, 0) is 4.84 Å². The number of ether oxygens (including phenoxy) is 1. The molecule has 0 aliphatic heterocycles. The lowest BCUT2D eigenvalue weighted by atomic mass is 10.3. The average Bonchev–Trinajstić information content (AvgIpc) is 2.50. The van der Waals surface area contributed by atoms with E-state index in [1.54, 1.807) is 24.3 Å². The molecule has 114 valence electrons. The van der Waals surface area contributed by atoms with E-state index in [0.29, 0.717) is 10.8 Å². The van der Waals surface area contributed by atoms with Crippen LogP contribution in [0.1, 0.15) is 10.4 Å². The molecule has 6 nitrogen and oxygen atoms in total. The molecule has 0 fully saturated rings. The first-order valence-electron chi connectivity index (χ1n) is 6.08. The van der Waals surface area contributed by atoms with Crippen molar-refractivity contribution in [3.63, 3.8) is 0 Å². The van der Waals surface area contributed by atoms with Crippen LogP contribution in [-0.4, -0.2) is 23.4 Å². The van der Waals surface area contributed by atoms with Gasteiger partial charge in [0.15, 0.2) is 5.84 Å². The second-order valence-corrected chi connectivity index (χ2v) is 4.90. The number of benzene rings is 1. The Labute approximate surface area is 136 Å². The van der Waals surface area contributed by atoms with Crippen molar-refractivity contribution in [2.24, 2.45) is 10.9 Å². The van der Waals surface area contributed by atoms with E-state index in [0.717, 1.165) is 0 Å². The molecule has 1 aromatic carbocycles.